The van der Waals surface area contributed by atoms with Crippen LogP contribution in [0.5, 0.6) is 5.75 Å². The zero-order valence-corrected chi connectivity index (χ0v) is 11.9. The number of hydrogen-bond donors (Lipinski definition) is 1. The molecule has 3 rings (SSSR count). The van der Waals surface area contributed by atoms with E-state index in [2.05, 4.69) is 23.8 Å². The van der Waals surface area contributed by atoms with Gasteiger partial charge < -0.3 is 5.11 Å². The standard InChI is InChI=1S/C16H13ClN2O/c1-9-3-4-11(7-10(9)2)16-18-14-6-5-12(20)8-13(14)15(17)19-16/h3-8,20H,1-2H3. The third kappa shape index (κ3) is 2.21. The first-order chi connectivity index (χ1) is 9.54. The minimum absolute atomic E-state index is 0.155. The van der Waals surface area contributed by atoms with E-state index in [1.54, 1.807) is 18.2 Å². The highest BCUT2D eigenvalue weighted by molar-refractivity contribution is 6.34. The number of benzene rings is 2. The molecular formula is C16H13ClN2O. The maximum Gasteiger partial charge on any atom is 0.161 e. The van der Waals surface area contributed by atoms with Crippen molar-refractivity contribution in [3.8, 4) is 17.1 Å². The monoisotopic (exact) mass is 284 g/mol. The number of fused-ring (bicyclic) bond motifs is 1. The average Bonchev–Trinajstić information content (AvgIpc) is 2.42. The van der Waals surface area contributed by atoms with E-state index in [-0.39, 0.29) is 5.75 Å². The molecule has 3 aromatic rings. The van der Waals surface area contributed by atoms with Crippen molar-refractivity contribution in [3.05, 3.63) is 52.7 Å². The summed E-state index contributed by atoms with van der Waals surface area (Å²) in [5, 5.41) is 10.5. The summed E-state index contributed by atoms with van der Waals surface area (Å²) < 4.78 is 0. The van der Waals surface area contributed by atoms with Crippen LogP contribution in [0.2, 0.25) is 5.15 Å². The lowest BCUT2D eigenvalue weighted by Gasteiger charge is -2.07. The number of phenols is 1. The molecule has 20 heavy (non-hydrogen) atoms. The minimum Gasteiger partial charge on any atom is -0.508 e. The van der Waals surface area contributed by atoms with Gasteiger partial charge >= 0.3 is 0 Å². The van der Waals surface area contributed by atoms with Gasteiger partial charge in [0.15, 0.2) is 5.82 Å². The first kappa shape index (κ1) is 12.9. The van der Waals surface area contributed by atoms with Gasteiger partial charge in [0.2, 0.25) is 0 Å². The van der Waals surface area contributed by atoms with Gasteiger partial charge in [0, 0.05) is 10.9 Å². The zero-order chi connectivity index (χ0) is 14.3. The second-order valence-electron chi connectivity index (χ2n) is 4.84. The predicted octanol–water partition coefficient (Wildman–Crippen LogP) is 4.27. The van der Waals surface area contributed by atoms with E-state index in [1.807, 2.05) is 18.2 Å². The number of phenolic OH excluding ortho intramolecular Hbond substituents is 1. The smallest absolute Gasteiger partial charge is 0.161 e. The number of nitrogens with zero attached hydrogens (tertiary/aromatic N) is 2. The summed E-state index contributed by atoms with van der Waals surface area (Å²) in [6, 6.07) is 11.0. The van der Waals surface area contributed by atoms with Crippen LogP contribution in [0.25, 0.3) is 22.3 Å². The largest absolute Gasteiger partial charge is 0.508 e. The molecule has 1 N–H and O–H groups in total. The number of rotatable bonds is 1. The van der Waals surface area contributed by atoms with Gasteiger partial charge in [0.25, 0.3) is 0 Å². The van der Waals surface area contributed by atoms with Crippen LogP contribution in [0.15, 0.2) is 36.4 Å². The maximum absolute atomic E-state index is 9.49. The number of aromatic hydroxyl groups is 1. The molecule has 0 unspecified atom stereocenters. The Morgan fingerprint density at radius 2 is 1.75 bits per heavy atom. The summed E-state index contributed by atoms with van der Waals surface area (Å²) >= 11 is 6.19. The first-order valence-corrected chi connectivity index (χ1v) is 6.66. The fourth-order valence-corrected chi connectivity index (χ4v) is 2.32. The molecule has 1 heterocycles. The predicted molar refractivity (Wildman–Crippen MR) is 81.1 cm³/mol. The zero-order valence-electron chi connectivity index (χ0n) is 11.2. The molecule has 1 aromatic heterocycles. The summed E-state index contributed by atoms with van der Waals surface area (Å²) in [6.07, 6.45) is 0. The lowest BCUT2D eigenvalue weighted by atomic mass is 10.1. The fourth-order valence-electron chi connectivity index (χ4n) is 2.09. The summed E-state index contributed by atoms with van der Waals surface area (Å²) in [5.41, 5.74) is 4.07. The van der Waals surface area contributed by atoms with E-state index in [1.165, 1.54) is 11.1 Å². The van der Waals surface area contributed by atoms with E-state index in [9.17, 15) is 5.11 Å². The number of aryl methyl sites for hydroxylation is 2. The quantitative estimate of drug-likeness (QED) is 0.679. The maximum atomic E-state index is 9.49. The van der Waals surface area contributed by atoms with Gasteiger partial charge in [0.05, 0.1) is 5.52 Å². The van der Waals surface area contributed by atoms with Crippen molar-refractivity contribution in [2.24, 2.45) is 0 Å². The molecule has 4 heteroatoms. The third-order valence-electron chi connectivity index (χ3n) is 3.40. The molecule has 0 radical (unpaired) electrons. The fraction of sp³-hybridized carbons (Fsp3) is 0.125. The Bertz CT molecular complexity index is 815. The van der Waals surface area contributed by atoms with Crippen LogP contribution >= 0.6 is 11.6 Å². The van der Waals surface area contributed by atoms with E-state index in [0.717, 1.165) is 11.1 Å². The number of aromatic nitrogens is 2. The van der Waals surface area contributed by atoms with E-state index >= 15 is 0 Å². The van der Waals surface area contributed by atoms with Gasteiger partial charge in [0.1, 0.15) is 10.9 Å². The van der Waals surface area contributed by atoms with Crippen molar-refractivity contribution < 1.29 is 5.11 Å². The highest BCUT2D eigenvalue weighted by atomic mass is 35.5. The Hall–Kier alpha value is -2.13. The Morgan fingerprint density at radius 3 is 2.50 bits per heavy atom. The van der Waals surface area contributed by atoms with Crippen molar-refractivity contribution in [2.45, 2.75) is 13.8 Å². The normalized spacial score (nSPS) is 10.9. The molecule has 0 bridgehead atoms. The van der Waals surface area contributed by atoms with Crippen molar-refractivity contribution in [3.63, 3.8) is 0 Å². The number of hydrogen-bond acceptors (Lipinski definition) is 3. The van der Waals surface area contributed by atoms with Gasteiger partial charge in [-0.1, -0.05) is 23.7 Å². The number of halogens is 1. The topological polar surface area (TPSA) is 46.0 Å². The Morgan fingerprint density at radius 1 is 0.950 bits per heavy atom. The average molecular weight is 285 g/mol. The summed E-state index contributed by atoms with van der Waals surface area (Å²) in [4.78, 5) is 8.84. The Balaban J connectivity index is 2.21. The molecule has 0 aliphatic heterocycles. The van der Waals surface area contributed by atoms with Crippen molar-refractivity contribution in [2.75, 3.05) is 0 Å². The van der Waals surface area contributed by atoms with Gasteiger partial charge in [-0.2, -0.15) is 0 Å². The molecule has 2 aromatic carbocycles. The highest BCUT2D eigenvalue weighted by Gasteiger charge is 2.09. The van der Waals surface area contributed by atoms with Gasteiger partial charge in [-0.05, 0) is 49.2 Å². The van der Waals surface area contributed by atoms with Gasteiger partial charge in [-0.25, -0.2) is 9.97 Å². The lowest BCUT2D eigenvalue weighted by molar-refractivity contribution is 0.476. The van der Waals surface area contributed by atoms with E-state index < -0.39 is 0 Å². The lowest BCUT2D eigenvalue weighted by Crippen LogP contribution is -1.93. The molecule has 0 saturated carbocycles. The molecular weight excluding hydrogens is 272 g/mol. The second-order valence-corrected chi connectivity index (χ2v) is 5.20. The summed E-state index contributed by atoms with van der Waals surface area (Å²) in [5.74, 6) is 0.748. The summed E-state index contributed by atoms with van der Waals surface area (Å²) in [7, 11) is 0. The highest BCUT2D eigenvalue weighted by Crippen LogP contribution is 2.28. The molecule has 0 spiro atoms. The first-order valence-electron chi connectivity index (χ1n) is 6.28. The van der Waals surface area contributed by atoms with Crippen LogP contribution in [0.4, 0.5) is 0 Å². The molecule has 0 amide bonds. The van der Waals surface area contributed by atoms with Crippen LogP contribution in [0.1, 0.15) is 11.1 Å². The van der Waals surface area contributed by atoms with E-state index in [0.29, 0.717) is 16.4 Å². The summed E-state index contributed by atoms with van der Waals surface area (Å²) in [6.45, 7) is 4.12. The Kier molecular flexibility index (Phi) is 3.07. The van der Waals surface area contributed by atoms with Gasteiger partial charge in [-0.3, -0.25) is 0 Å². The SMILES string of the molecule is Cc1ccc(-c2nc(Cl)c3cc(O)ccc3n2)cc1C. The van der Waals surface area contributed by atoms with Crippen LogP contribution in [-0.2, 0) is 0 Å². The second kappa shape index (κ2) is 4.76. The van der Waals surface area contributed by atoms with Crippen LogP contribution in [0, 0.1) is 13.8 Å². The Labute approximate surface area is 121 Å². The molecule has 0 aliphatic rings. The van der Waals surface area contributed by atoms with Crippen LogP contribution < -0.4 is 0 Å². The molecule has 100 valence electrons. The molecule has 0 atom stereocenters. The van der Waals surface area contributed by atoms with Crippen LogP contribution in [-0.4, -0.2) is 15.1 Å². The van der Waals surface area contributed by atoms with Gasteiger partial charge in [-0.15, -0.1) is 0 Å². The third-order valence-corrected chi connectivity index (χ3v) is 3.69. The molecule has 0 aliphatic carbocycles. The van der Waals surface area contributed by atoms with E-state index in [4.69, 9.17) is 11.6 Å². The molecule has 0 fully saturated rings. The minimum atomic E-state index is 0.155. The van der Waals surface area contributed by atoms with Crippen molar-refractivity contribution in [1.29, 1.82) is 0 Å². The van der Waals surface area contributed by atoms with Crippen molar-refractivity contribution in [1.82, 2.24) is 9.97 Å². The van der Waals surface area contributed by atoms with Crippen molar-refractivity contribution >= 4 is 22.5 Å². The molecule has 3 nitrogen and oxygen atoms in total. The van der Waals surface area contributed by atoms with Crippen LogP contribution in [0.3, 0.4) is 0 Å². The molecule has 0 saturated heterocycles.